The van der Waals surface area contributed by atoms with E-state index in [-0.39, 0.29) is 0 Å². The Morgan fingerprint density at radius 1 is 1.20 bits per heavy atom. The fraction of sp³-hybridized carbons (Fsp3) is 0.550. The lowest BCUT2D eigenvalue weighted by atomic mass is 10.1. The molecule has 5 heteroatoms. The molecule has 0 saturated carbocycles. The van der Waals surface area contributed by atoms with Crippen molar-refractivity contribution in [3.8, 4) is 11.5 Å². The maximum Gasteiger partial charge on any atom is 0.191 e. The van der Waals surface area contributed by atoms with Gasteiger partial charge in [0, 0.05) is 19.1 Å². The first-order valence-electron chi connectivity index (χ1n) is 9.26. The molecule has 2 N–H and O–H groups in total. The van der Waals surface area contributed by atoms with Gasteiger partial charge in [0.15, 0.2) is 17.5 Å². The molecule has 2 rings (SSSR count). The molecule has 138 valence electrons. The van der Waals surface area contributed by atoms with E-state index >= 15 is 0 Å². The molecule has 0 fully saturated rings. The van der Waals surface area contributed by atoms with Crippen molar-refractivity contribution in [3.05, 3.63) is 35.9 Å². The van der Waals surface area contributed by atoms with Crippen LogP contribution in [0.25, 0.3) is 0 Å². The summed E-state index contributed by atoms with van der Waals surface area (Å²) in [5, 5.41) is 6.82. The topological polar surface area (TPSA) is 54.9 Å². The smallest absolute Gasteiger partial charge is 0.191 e. The minimum Gasteiger partial charge on any atom is -0.493 e. The van der Waals surface area contributed by atoms with Crippen molar-refractivity contribution in [3.63, 3.8) is 0 Å². The summed E-state index contributed by atoms with van der Waals surface area (Å²) in [4.78, 5) is 4.70. The largest absolute Gasteiger partial charge is 0.493 e. The van der Waals surface area contributed by atoms with E-state index in [4.69, 9.17) is 14.5 Å². The van der Waals surface area contributed by atoms with E-state index in [1.54, 1.807) is 7.11 Å². The minimum atomic E-state index is 0.480. The number of nitrogens with zero attached hydrogens (tertiary/aromatic N) is 1. The zero-order valence-corrected chi connectivity index (χ0v) is 15.7. The van der Waals surface area contributed by atoms with Crippen LogP contribution in [0.5, 0.6) is 11.5 Å². The Balaban J connectivity index is 1.84. The van der Waals surface area contributed by atoms with Crippen molar-refractivity contribution >= 4 is 5.96 Å². The van der Waals surface area contributed by atoms with Gasteiger partial charge in [0.1, 0.15) is 0 Å². The van der Waals surface area contributed by atoms with Crippen molar-refractivity contribution in [2.75, 3.05) is 26.8 Å². The van der Waals surface area contributed by atoms with Crippen LogP contribution in [-0.4, -0.2) is 38.8 Å². The number of methoxy groups -OCH3 is 1. The maximum atomic E-state index is 5.64. The van der Waals surface area contributed by atoms with Gasteiger partial charge in [-0.25, -0.2) is 0 Å². The summed E-state index contributed by atoms with van der Waals surface area (Å²) in [5.41, 5.74) is 1.25. The van der Waals surface area contributed by atoms with Crippen molar-refractivity contribution in [2.45, 2.75) is 45.6 Å². The molecule has 0 radical (unpaired) electrons. The van der Waals surface area contributed by atoms with Crippen molar-refractivity contribution < 1.29 is 9.47 Å². The average molecular weight is 345 g/mol. The number of hydrogen-bond donors (Lipinski definition) is 2. The third-order valence-corrected chi connectivity index (χ3v) is 4.11. The number of aliphatic imine (C=N–C) groups is 1. The number of rotatable bonds is 9. The predicted octanol–water partition coefficient (Wildman–Crippen LogP) is 3.30. The number of ether oxygens (including phenoxy) is 2. The van der Waals surface area contributed by atoms with E-state index in [0.717, 1.165) is 56.2 Å². The quantitative estimate of drug-likeness (QED) is 0.312. The zero-order chi connectivity index (χ0) is 17.9. The SMILES string of the molecule is CCNC(=NCCCc1ccc(OC)c(OCC)c1)NC1CC=CC1. The molecule has 5 nitrogen and oxygen atoms in total. The maximum absolute atomic E-state index is 5.64. The van der Waals surface area contributed by atoms with E-state index in [1.807, 2.05) is 13.0 Å². The van der Waals surface area contributed by atoms with Gasteiger partial charge in [-0.1, -0.05) is 18.2 Å². The summed E-state index contributed by atoms with van der Waals surface area (Å²) in [7, 11) is 1.67. The highest BCUT2D eigenvalue weighted by atomic mass is 16.5. The summed E-state index contributed by atoms with van der Waals surface area (Å²) in [6.07, 6.45) is 8.57. The van der Waals surface area contributed by atoms with Crippen LogP contribution in [0.3, 0.4) is 0 Å². The number of guanidine groups is 1. The first kappa shape index (κ1) is 19.2. The molecule has 0 aliphatic heterocycles. The highest BCUT2D eigenvalue weighted by Crippen LogP contribution is 2.28. The fourth-order valence-electron chi connectivity index (χ4n) is 2.87. The van der Waals surface area contributed by atoms with E-state index in [0.29, 0.717) is 12.6 Å². The van der Waals surface area contributed by atoms with Crippen LogP contribution in [0.2, 0.25) is 0 Å². The van der Waals surface area contributed by atoms with Gasteiger partial charge in [-0.05, 0) is 57.2 Å². The van der Waals surface area contributed by atoms with E-state index in [1.165, 1.54) is 5.56 Å². The number of nitrogens with one attached hydrogen (secondary N) is 2. The molecule has 1 aliphatic carbocycles. The third-order valence-electron chi connectivity index (χ3n) is 4.11. The van der Waals surface area contributed by atoms with Gasteiger partial charge in [0.2, 0.25) is 0 Å². The van der Waals surface area contributed by atoms with Crippen LogP contribution in [-0.2, 0) is 6.42 Å². The predicted molar refractivity (Wildman–Crippen MR) is 104 cm³/mol. The summed E-state index contributed by atoms with van der Waals surface area (Å²) >= 11 is 0. The molecule has 1 aromatic carbocycles. The van der Waals surface area contributed by atoms with Gasteiger partial charge in [-0.2, -0.15) is 0 Å². The summed E-state index contributed by atoms with van der Waals surface area (Å²) in [6, 6.07) is 6.62. The highest BCUT2D eigenvalue weighted by molar-refractivity contribution is 5.80. The third kappa shape index (κ3) is 6.33. The van der Waals surface area contributed by atoms with Crippen LogP contribution in [0.15, 0.2) is 35.3 Å². The monoisotopic (exact) mass is 345 g/mol. The van der Waals surface area contributed by atoms with Gasteiger partial charge in [0.05, 0.1) is 13.7 Å². The molecule has 1 aromatic rings. The van der Waals surface area contributed by atoms with Gasteiger partial charge in [0.25, 0.3) is 0 Å². The number of benzene rings is 1. The molecule has 25 heavy (non-hydrogen) atoms. The van der Waals surface area contributed by atoms with E-state index in [9.17, 15) is 0 Å². The molecular weight excluding hydrogens is 314 g/mol. The van der Waals surface area contributed by atoms with Crippen LogP contribution < -0.4 is 20.1 Å². The minimum absolute atomic E-state index is 0.480. The Morgan fingerprint density at radius 2 is 2.00 bits per heavy atom. The highest BCUT2D eigenvalue weighted by Gasteiger charge is 2.11. The Hall–Kier alpha value is -2.17. The fourth-order valence-corrected chi connectivity index (χ4v) is 2.87. The lowest BCUT2D eigenvalue weighted by Gasteiger charge is -2.16. The van der Waals surface area contributed by atoms with Crippen molar-refractivity contribution in [1.29, 1.82) is 0 Å². The van der Waals surface area contributed by atoms with Gasteiger partial charge in [-0.15, -0.1) is 0 Å². The molecule has 0 saturated heterocycles. The van der Waals surface area contributed by atoms with Crippen LogP contribution in [0.1, 0.15) is 38.7 Å². The molecule has 1 aliphatic rings. The Morgan fingerprint density at radius 3 is 2.68 bits per heavy atom. The summed E-state index contributed by atoms with van der Waals surface area (Å²) in [6.45, 7) is 6.39. The Kier molecular flexibility index (Phi) is 8.16. The molecule has 0 atom stereocenters. The van der Waals surface area contributed by atoms with Gasteiger partial charge in [-0.3, -0.25) is 4.99 Å². The Labute approximate surface area is 151 Å². The van der Waals surface area contributed by atoms with Crippen LogP contribution in [0.4, 0.5) is 0 Å². The normalized spacial score (nSPS) is 14.6. The van der Waals surface area contributed by atoms with E-state index < -0.39 is 0 Å². The molecule has 0 bridgehead atoms. The Bertz CT molecular complexity index is 576. The van der Waals surface area contributed by atoms with E-state index in [2.05, 4.69) is 41.8 Å². The second kappa shape index (κ2) is 10.6. The first-order chi connectivity index (χ1) is 12.3. The van der Waals surface area contributed by atoms with Crippen molar-refractivity contribution in [1.82, 2.24) is 10.6 Å². The molecule has 0 amide bonds. The number of aryl methyl sites for hydroxylation is 1. The second-order valence-electron chi connectivity index (χ2n) is 6.07. The van der Waals surface area contributed by atoms with Gasteiger partial charge >= 0.3 is 0 Å². The molecule has 0 unspecified atom stereocenters. The molecule has 0 spiro atoms. The molecule has 0 heterocycles. The lowest BCUT2D eigenvalue weighted by molar-refractivity contribution is 0.310. The molecular formula is C20H31N3O2. The zero-order valence-electron chi connectivity index (χ0n) is 15.7. The standard InChI is InChI=1S/C20H31N3O2/c1-4-21-20(23-17-10-6-7-11-17)22-14-8-9-16-12-13-18(24-3)19(15-16)25-5-2/h6-7,12-13,15,17H,4-5,8-11,14H2,1-3H3,(H2,21,22,23). The first-order valence-corrected chi connectivity index (χ1v) is 9.26. The second-order valence-corrected chi connectivity index (χ2v) is 6.07. The average Bonchev–Trinajstić information content (AvgIpc) is 3.12. The van der Waals surface area contributed by atoms with Crippen LogP contribution in [0, 0.1) is 0 Å². The summed E-state index contributed by atoms with van der Waals surface area (Å²) in [5.74, 6) is 2.52. The van der Waals surface area contributed by atoms with Crippen molar-refractivity contribution in [2.24, 2.45) is 4.99 Å². The summed E-state index contributed by atoms with van der Waals surface area (Å²) < 4.78 is 11.0. The van der Waals surface area contributed by atoms with Gasteiger partial charge < -0.3 is 20.1 Å². The van der Waals surface area contributed by atoms with Crippen LogP contribution >= 0.6 is 0 Å². The lowest BCUT2D eigenvalue weighted by Crippen LogP contribution is -2.42. The molecule has 0 aromatic heterocycles. The number of hydrogen-bond acceptors (Lipinski definition) is 3.